The molecule has 50 heavy (non-hydrogen) atoms. The zero-order chi connectivity index (χ0) is 34.6. The maximum atomic E-state index is 12.7. The van der Waals surface area contributed by atoms with E-state index in [0.29, 0.717) is 0 Å². The molecule has 0 spiro atoms. The molecule has 0 bridgehead atoms. The van der Waals surface area contributed by atoms with E-state index in [-0.39, 0.29) is 10.8 Å². The second-order valence-corrected chi connectivity index (χ2v) is 14.4. The lowest BCUT2D eigenvalue weighted by molar-refractivity contribution is -0.401. The fourth-order valence-corrected chi connectivity index (χ4v) is 8.68. The average Bonchev–Trinajstić information content (AvgIpc) is 3.37. The normalized spacial score (nSPS) is 13.6. The van der Waals surface area contributed by atoms with Crippen molar-refractivity contribution in [2.24, 2.45) is 0 Å². The molecular formula is C46H40BNOS. The van der Waals surface area contributed by atoms with Gasteiger partial charge in [-0.25, -0.2) is 0 Å². The first-order chi connectivity index (χ1) is 24.4. The summed E-state index contributed by atoms with van der Waals surface area (Å²) in [5.74, 6) is 0. The van der Waals surface area contributed by atoms with Gasteiger partial charge in [-0.1, -0.05) is 152 Å². The van der Waals surface area contributed by atoms with Crippen LogP contribution in [0.4, 0.5) is 5.69 Å². The van der Waals surface area contributed by atoms with Gasteiger partial charge in [0.15, 0.2) is 11.1 Å². The number of hydrogen-bond acceptors (Lipinski definition) is 2. The Hall–Kier alpha value is -5.58. The first-order valence-corrected chi connectivity index (χ1v) is 18.1. The third-order valence-corrected chi connectivity index (χ3v) is 11.2. The molecule has 6 aromatic carbocycles. The van der Waals surface area contributed by atoms with Gasteiger partial charge >= 0.3 is 0 Å². The van der Waals surface area contributed by atoms with E-state index >= 15 is 0 Å². The molecule has 0 saturated carbocycles. The second kappa shape index (κ2) is 14.1. The first-order valence-electron chi connectivity index (χ1n) is 17.2. The highest BCUT2D eigenvalue weighted by molar-refractivity contribution is 7.20. The number of fused-ring (bicyclic) bond motifs is 2. The molecule has 4 heteroatoms. The van der Waals surface area contributed by atoms with E-state index in [2.05, 4.69) is 177 Å². The molecule has 8 rings (SSSR count). The summed E-state index contributed by atoms with van der Waals surface area (Å²) in [7, 11) is 2.09. The molecule has 2 nitrogen and oxygen atoms in total. The highest BCUT2D eigenvalue weighted by atomic mass is 32.1. The maximum absolute atomic E-state index is 12.7. The molecule has 1 aliphatic rings. The van der Waals surface area contributed by atoms with E-state index in [1.807, 2.05) is 35.7 Å². The van der Waals surface area contributed by atoms with Crippen molar-refractivity contribution in [3.63, 3.8) is 0 Å². The predicted molar refractivity (Wildman–Crippen MR) is 218 cm³/mol. The van der Waals surface area contributed by atoms with Crippen LogP contribution in [0.3, 0.4) is 0 Å². The van der Waals surface area contributed by atoms with Crippen LogP contribution in [0, 0.1) is 0 Å². The van der Waals surface area contributed by atoms with Crippen molar-refractivity contribution < 1.29 is 4.58 Å². The largest absolute Gasteiger partial charge is 0.289 e. The van der Waals surface area contributed by atoms with Crippen molar-refractivity contribution in [1.82, 2.24) is 0 Å². The highest BCUT2D eigenvalue weighted by Gasteiger charge is 2.42. The number of rotatable bonds is 6. The Morgan fingerprint density at radius 3 is 1.50 bits per heavy atom. The Kier molecular flexibility index (Phi) is 9.30. The number of hydrogen-bond donors (Lipinski definition) is 0. The van der Waals surface area contributed by atoms with E-state index in [0.717, 1.165) is 15.6 Å². The molecule has 0 N–H and O–H groups in total. The molecule has 2 heterocycles. The smallest absolute Gasteiger partial charge is 0.209 e. The molecule has 7 aromatic rings. The molecule has 1 aromatic heterocycles. The maximum Gasteiger partial charge on any atom is 0.209 e. The van der Waals surface area contributed by atoms with Gasteiger partial charge in [0, 0.05) is 38.7 Å². The quantitative estimate of drug-likeness (QED) is 0.130. The van der Waals surface area contributed by atoms with Gasteiger partial charge in [0.1, 0.15) is 13.2 Å². The lowest BCUT2D eigenvalue weighted by atomic mass is 9.13. The summed E-state index contributed by atoms with van der Waals surface area (Å²) in [6.45, 7) is 4.46. The van der Waals surface area contributed by atoms with Gasteiger partial charge in [-0.15, -0.1) is 11.3 Å². The summed E-state index contributed by atoms with van der Waals surface area (Å²) in [5, 5.41) is 2.75. The van der Waals surface area contributed by atoms with Crippen LogP contribution in [0.15, 0.2) is 186 Å². The minimum absolute atomic E-state index is 0.0782. The van der Waals surface area contributed by atoms with Crippen LogP contribution < -0.4 is 27.3 Å². The minimum atomic E-state index is -1.22. The van der Waals surface area contributed by atoms with Gasteiger partial charge in [-0.2, -0.15) is 26.4 Å². The van der Waals surface area contributed by atoms with Crippen molar-refractivity contribution in [3.05, 3.63) is 203 Å². The van der Waals surface area contributed by atoms with Crippen LogP contribution in [0.2, 0.25) is 0 Å². The Bertz CT molecular complexity index is 2200. The van der Waals surface area contributed by atoms with Crippen molar-refractivity contribution in [3.8, 4) is 0 Å². The first kappa shape index (κ1) is 32.9. The van der Waals surface area contributed by atoms with Crippen LogP contribution >= 0.6 is 11.3 Å². The third-order valence-electron chi connectivity index (χ3n) is 10.3. The van der Waals surface area contributed by atoms with Crippen molar-refractivity contribution >= 4 is 66.9 Å². The van der Waals surface area contributed by atoms with Gasteiger partial charge in [0.05, 0.1) is 5.41 Å². The van der Waals surface area contributed by atoms with Crippen LogP contribution in [0.1, 0.15) is 25.0 Å². The van der Waals surface area contributed by atoms with E-state index in [1.165, 1.54) is 38.8 Å². The van der Waals surface area contributed by atoms with Crippen molar-refractivity contribution in [1.29, 1.82) is 0 Å². The fraction of sp³-hybridized carbons (Fsp3) is 0.0870. The number of para-hydroxylation sites is 1. The second-order valence-electron chi connectivity index (χ2n) is 13.4. The summed E-state index contributed by atoms with van der Waals surface area (Å²) in [5.41, 5.74) is 9.88. The zero-order valence-electron chi connectivity index (χ0n) is 28.7. The van der Waals surface area contributed by atoms with E-state index in [4.69, 9.17) is 0 Å². The van der Waals surface area contributed by atoms with Crippen LogP contribution in [-0.4, -0.2) is 23.5 Å². The van der Waals surface area contributed by atoms with Gasteiger partial charge < -0.3 is 0 Å². The SMILES string of the molecule is C[N+]1=C(/C=C/c2csc3ccccc3c2=O)C(C)(C)c2ccccc21.c1ccc([B-](c2ccccc2)(c2ccccc2)c2ccccc2)cc1. The summed E-state index contributed by atoms with van der Waals surface area (Å²) < 4.78 is 3.25. The molecule has 0 atom stereocenters. The summed E-state index contributed by atoms with van der Waals surface area (Å²) in [4.78, 5) is 12.7. The van der Waals surface area contributed by atoms with E-state index in [9.17, 15) is 4.79 Å². The summed E-state index contributed by atoms with van der Waals surface area (Å²) in [6, 6.07) is 59.8. The topological polar surface area (TPSA) is 20.1 Å². The number of nitrogens with zero attached hydrogens (tertiary/aromatic N) is 1. The lowest BCUT2D eigenvalue weighted by Gasteiger charge is -2.44. The van der Waals surface area contributed by atoms with Crippen LogP contribution in [-0.2, 0) is 5.41 Å². The summed E-state index contributed by atoms with van der Waals surface area (Å²) >= 11 is 1.61. The van der Waals surface area contributed by atoms with Gasteiger partial charge in [-0.05, 0) is 32.1 Å². The van der Waals surface area contributed by atoms with Gasteiger partial charge in [-0.3, -0.25) is 4.79 Å². The highest BCUT2D eigenvalue weighted by Crippen LogP contribution is 2.39. The van der Waals surface area contributed by atoms with Crippen LogP contribution in [0.5, 0.6) is 0 Å². The molecular weight excluding hydrogens is 625 g/mol. The standard InChI is InChI=1S/C24H20B.C22H20NOS/c1-5-13-21(14-6-1)25(22-15-7-2-8-16-22,23-17-9-3-10-18-23)24-19-11-4-12-20-24;1-22(2)17-9-5-6-10-18(17)23(3)20(22)13-12-15-14-25-19-11-7-4-8-16(19)21(15)24/h1-20H;4-14H,1-3H3/q-1;+1/b;13-12+. The molecule has 0 fully saturated rings. The zero-order valence-corrected chi connectivity index (χ0v) is 29.6. The molecule has 1 aliphatic heterocycles. The van der Waals surface area contributed by atoms with Gasteiger partial charge in [0.25, 0.3) is 0 Å². The average molecular weight is 666 g/mol. The van der Waals surface area contributed by atoms with E-state index in [1.54, 1.807) is 11.3 Å². The predicted octanol–water partition coefficient (Wildman–Crippen LogP) is 8.04. The van der Waals surface area contributed by atoms with Crippen molar-refractivity contribution in [2.75, 3.05) is 7.05 Å². The third kappa shape index (κ3) is 5.97. The van der Waals surface area contributed by atoms with E-state index < -0.39 is 6.15 Å². The summed E-state index contributed by atoms with van der Waals surface area (Å²) in [6.07, 6.45) is 2.84. The fourth-order valence-electron chi connectivity index (χ4n) is 7.80. The van der Waals surface area contributed by atoms with Crippen LogP contribution in [0.25, 0.3) is 16.2 Å². The lowest BCUT2D eigenvalue weighted by Crippen LogP contribution is -2.74. The molecule has 0 amide bonds. The molecule has 0 saturated heterocycles. The molecule has 0 unspecified atom stereocenters. The number of allylic oxidation sites excluding steroid dienone is 1. The Balaban J connectivity index is 0.000000157. The molecule has 0 aliphatic carbocycles. The Labute approximate surface area is 299 Å². The molecule has 0 radical (unpaired) electrons. The Morgan fingerprint density at radius 1 is 0.560 bits per heavy atom. The van der Waals surface area contributed by atoms with Gasteiger partial charge in [0.2, 0.25) is 5.69 Å². The minimum Gasteiger partial charge on any atom is -0.289 e. The Morgan fingerprint density at radius 2 is 1.00 bits per heavy atom. The number of benzene rings is 6. The monoisotopic (exact) mass is 665 g/mol. The molecule has 244 valence electrons. The van der Waals surface area contributed by atoms with Crippen molar-refractivity contribution in [2.45, 2.75) is 19.3 Å².